The molecule has 4 heteroatoms. The molecule has 26 heavy (non-hydrogen) atoms. The van der Waals surface area contributed by atoms with E-state index in [4.69, 9.17) is 9.47 Å². The second-order valence-electron chi connectivity index (χ2n) is 6.79. The van der Waals surface area contributed by atoms with Crippen LogP contribution >= 0.6 is 0 Å². The molecule has 0 saturated carbocycles. The molecule has 4 nitrogen and oxygen atoms in total. The van der Waals surface area contributed by atoms with Crippen molar-refractivity contribution in [3.8, 4) is 0 Å². The summed E-state index contributed by atoms with van der Waals surface area (Å²) in [5, 5.41) is 0. The number of carbonyl (C=O) groups excluding carboxylic acids is 2. The molecule has 152 valence electrons. The molecule has 0 rings (SSSR count). The molecule has 0 aliphatic heterocycles. The van der Waals surface area contributed by atoms with Crippen LogP contribution in [0.4, 0.5) is 0 Å². The Morgan fingerprint density at radius 2 is 1.15 bits per heavy atom. The highest BCUT2D eigenvalue weighted by Gasteiger charge is 2.08. The van der Waals surface area contributed by atoms with Gasteiger partial charge in [0.15, 0.2) is 0 Å². The summed E-state index contributed by atoms with van der Waals surface area (Å²) >= 11 is 0. The molecule has 0 spiro atoms. The molecule has 0 aromatic rings. The van der Waals surface area contributed by atoms with Gasteiger partial charge in [0.1, 0.15) is 0 Å². The lowest BCUT2D eigenvalue weighted by Crippen LogP contribution is -2.11. The van der Waals surface area contributed by atoms with Crippen LogP contribution in [0.2, 0.25) is 0 Å². The van der Waals surface area contributed by atoms with E-state index in [9.17, 15) is 9.59 Å². The first-order valence-electron chi connectivity index (χ1n) is 10.7. The summed E-state index contributed by atoms with van der Waals surface area (Å²) in [6.45, 7) is 5.12. The SMILES string of the molecule is CC/C=C/CCCCCCCCCCOC(=O)CCC(=O)OCCCC. The predicted molar refractivity (Wildman–Crippen MR) is 107 cm³/mol. The van der Waals surface area contributed by atoms with Crippen LogP contribution in [0, 0.1) is 0 Å². The zero-order valence-electron chi connectivity index (χ0n) is 17.1. The number of ether oxygens (including phenoxy) is 2. The van der Waals surface area contributed by atoms with Crippen molar-refractivity contribution in [1.29, 1.82) is 0 Å². The number of unbranched alkanes of at least 4 members (excludes halogenated alkanes) is 9. The molecule has 0 N–H and O–H groups in total. The summed E-state index contributed by atoms with van der Waals surface area (Å²) < 4.78 is 10.2. The first kappa shape index (κ1) is 24.7. The summed E-state index contributed by atoms with van der Waals surface area (Å²) in [4.78, 5) is 22.9. The highest BCUT2D eigenvalue weighted by molar-refractivity contribution is 5.77. The molecule has 0 atom stereocenters. The normalized spacial score (nSPS) is 11.0. The number of hydrogen-bond donors (Lipinski definition) is 0. The quantitative estimate of drug-likeness (QED) is 0.166. The summed E-state index contributed by atoms with van der Waals surface area (Å²) in [6.07, 6.45) is 18.7. The number of rotatable bonds is 18. The van der Waals surface area contributed by atoms with Gasteiger partial charge in [-0.1, -0.05) is 70.9 Å². The monoisotopic (exact) mass is 368 g/mol. The van der Waals surface area contributed by atoms with Crippen LogP contribution in [0.3, 0.4) is 0 Å². The minimum Gasteiger partial charge on any atom is -0.466 e. The van der Waals surface area contributed by atoms with Gasteiger partial charge in [-0.15, -0.1) is 0 Å². The molecule has 0 aliphatic carbocycles. The summed E-state index contributed by atoms with van der Waals surface area (Å²) in [5.74, 6) is -0.605. The van der Waals surface area contributed by atoms with Gasteiger partial charge in [-0.2, -0.15) is 0 Å². The Balaban J connectivity index is 3.28. The van der Waals surface area contributed by atoms with Crippen LogP contribution in [0.15, 0.2) is 12.2 Å². The molecule has 0 bridgehead atoms. The lowest BCUT2D eigenvalue weighted by molar-refractivity contribution is -0.150. The molecule has 0 heterocycles. The Morgan fingerprint density at radius 3 is 1.69 bits per heavy atom. The van der Waals surface area contributed by atoms with Crippen LogP contribution in [-0.2, 0) is 19.1 Å². The van der Waals surface area contributed by atoms with Gasteiger partial charge >= 0.3 is 11.9 Å². The molecular weight excluding hydrogens is 328 g/mol. The number of allylic oxidation sites excluding steroid dienone is 2. The van der Waals surface area contributed by atoms with Gasteiger partial charge in [-0.3, -0.25) is 9.59 Å². The van der Waals surface area contributed by atoms with Crippen molar-refractivity contribution in [3.63, 3.8) is 0 Å². The highest BCUT2D eigenvalue weighted by atomic mass is 16.5. The van der Waals surface area contributed by atoms with Gasteiger partial charge in [-0.25, -0.2) is 0 Å². The topological polar surface area (TPSA) is 52.6 Å². The smallest absolute Gasteiger partial charge is 0.306 e. The Labute approximate surface area is 160 Å². The predicted octanol–water partition coefficient (Wildman–Crippen LogP) is 6.13. The van der Waals surface area contributed by atoms with E-state index >= 15 is 0 Å². The molecule has 0 saturated heterocycles. The van der Waals surface area contributed by atoms with Crippen molar-refractivity contribution in [2.75, 3.05) is 13.2 Å². The van der Waals surface area contributed by atoms with Gasteiger partial charge in [0.25, 0.3) is 0 Å². The highest BCUT2D eigenvalue weighted by Crippen LogP contribution is 2.10. The maximum Gasteiger partial charge on any atom is 0.306 e. The van der Waals surface area contributed by atoms with E-state index in [1.165, 1.54) is 44.9 Å². The fraction of sp³-hybridized carbons (Fsp3) is 0.818. The largest absolute Gasteiger partial charge is 0.466 e. The van der Waals surface area contributed by atoms with Crippen molar-refractivity contribution < 1.29 is 19.1 Å². The number of hydrogen-bond acceptors (Lipinski definition) is 4. The average molecular weight is 369 g/mol. The third-order valence-electron chi connectivity index (χ3n) is 4.22. The maximum absolute atomic E-state index is 11.5. The molecule has 0 aromatic heterocycles. The van der Waals surface area contributed by atoms with Gasteiger partial charge in [0, 0.05) is 0 Å². The Hall–Kier alpha value is -1.32. The van der Waals surface area contributed by atoms with Gasteiger partial charge in [0.2, 0.25) is 0 Å². The summed E-state index contributed by atoms with van der Waals surface area (Å²) in [7, 11) is 0. The molecule has 0 aromatic carbocycles. The maximum atomic E-state index is 11.5. The third-order valence-corrected chi connectivity index (χ3v) is 4.22. The number of carbonyl (C=O) groups is 2. The fourth-order valence-corrected chi connectivity index (χ4v) is 2.57. The van der Waals surface area contributed by atoms with Gasteiger partial charge in [0.05, 0.1) is 26.1 Å². The van der Waals surface area contributed by atoms with Gasteiger partial charge < -0.3 is 9.47 Å². The van der Waals surface area contributed by atoms with Crippen molar-refractivity contribution in [1.82, 2.24) is 0 Å². The molecule has 0 fully saturated rings. The van der Waals surface area contributed by atoms with E-state index < -0.39 is 0 Å². The summed E-state index contributed by atoms with van der Waals surface area (Å²) in [5.41, 5.74) is 0. The van der Waals surface area contributed by atoms with Crippen LogP contribution in [0.25, 0.3) is 0 Å². The van der Waals surface area contributed by atoms with Crippen LogP contribution in [-0.4, -0.2) is 25.2 Å². The van der Waals surface area contributed by atoms with E-state index in [1.54, 1.807) is 0 Å². The van der Waals surface area contributed by atoms with Crippen LogP contribution in [0.1, 0.15) is 104 Å². The Morgan fingerprint density at radius 1 is 0.654 bits per heavy atom. The van der Waals surface area contributed by atoms with Crippen LogP contribution in [0.5, 0.6) is 0 Å². The summed E-state index contributed by atoms with van der Waals surface area (Å²) in [6, 6.07) is 0. The molecular formula is C22H40O4. The average Bonchev–Trinajstić information content (AvgIpc) is 2.64. The third kappa shape index (κ3) is 19.0. The van der Waals surface area contributed by atoms with E-state index in [2.05, 4.69) is 19.1 Å². The second kappa shape index (κ2) is 20.0. The van der Waals surface area contributed by atoms with Gasteiger partial charge in [-0.05, 0) is 32.1 Å². The van der Waals surface area contributed by atoms with E-state index in [0.29, 0.717) is 13.2 Å². The van der Waals surface area contributed by atoms with E-state index in [-0.39, 0.29) is 24.8 Å². The van der Waals surface area contributed by atoms with E-state index in [0.717, 1.165) is 32.1 Å². The van der Waals surface area contributed by atoms with Crippen molar-refractivity contribution in [2.45, 2.75) is 104 Å². The molecule has 0 radical (unpaired) electrons. The minimum absolute atomic E-state index is 0.122. The lowest BCUT2D eigenvalue weighted by Gasteiger charge is -2.06. The Bertz CT molecular complexity index is 363. The lowest BCUT2D eigenvalue weighted by atomic mass is 10.1. The minimum atomic E-state index is -0.309. The number of esters is 2. The zero-order valence-corrected chi connectivity index (χ0v) is 17.1. The Kier molecular flexibility index (Phi) is 19.0. The van der Waals surface area contributed by atoms with Crippen LogP contribution < -0.4 is 0 Å². The molecule has 0 amide bonds. The first-order valence-corrected chi connectivity index (χ1v) is 10.7. The van der Waals surface area contributed by atoms with E-state index in [1.807, 2.05) is 6.92 Å². The molecule has 0 unspecified atom stereocenters. The van der Waals surface area contributed by atoms with Crippen molar-refractivity contribution in [3.05, 3.63) is 12.2 Å². The molecule has 0 aliphatic rings. The standard InChI is InChI=1S/C22H40O4/c1-3-5-7-8-9-10-11-12-13-14-15-16-20-26-22(24)18-17-21(23)25-19-6-4-2/h5,7H,3-4,6,8-20H2,1-2H3/b7-5+. The second-order valence-corrected chi connectivity index (χ2v) is 6.79. The van der Waals surface area contributed by atoms with Crippen molar-refractivity contribution >= 4 is 11.9 Å². The van der Waals surface area contributed by atoms with Crippen molar-refractivity contribution in [2.24, 2.45) is 0 Å². The fourth-order valence-electron chi connectivity index (χ4n) is 2.57. The zero-order chi connectivity index (χ0) is 19.3. The first-order chi connectivity index (χ1) is 12.7.